The average Bonchev–Trinajstić information content (AvgIpc) is 2.33. The molecule has 4 heteroatoms. The molecule has 0 aliphatic carbocycles. The first-order valence-electron chi connectivity index (χ1n) is 5.75. The molecule has 0 bridgehead atoms. The van der Waals surface area contributed by atoms with Crippen LogP contribution in [0.5, 0.6) is 0 Å². The van der Waals surface area contributed by atoms with E-state index in [1.807, 2.05) is 11.8 Å². The summed E-state index contributed by atoms with van der Waals surface area (Å²) >= 11 is 1.84. The Morgan fingerprint density at radius 2 is 2.00 bits per heavy atom. The molecule has 0 saturated carbocycles. The van der Waals surface area contributed by atoms with Gasteiger partial charge in [0.25, 0.3) is 0 Å². The van der Waals surface area contributed by atoms with E-state index in [4.69, 9.17) is 0 Å². The second kappa shape index (κ2) is 5.54. The SMILES string of the molecule is O=C(O)C(c1ccccc1F)C1CCSCC1. The third-order valence-corrected chi connectivity index (χ3v) is 4.29. The van der Waals surface area contributed by atoms with Gasteiger partial charge in [0.05, 0.1) is 5.92 Å². The summed E-state index contributed by atoms with van der Waals surface area (Å²) in [4.78, 5) is 11.4. The van der Waals surface area contributed by atoms with Crippen LogP contribution in [0.15, 0.2) is 24.3 Å². The normalized spacial score (nSPS) is 18.9. The number of aliphatic carboxylic acids is 1. The van der Waals surface area contributed by atoms with Crippen LogP contribution in [0.3, 0.4) is 0 Å². The Bertz CT molecular complexity index is 402. The van der Waals surface area contributed by atoms with Crippen molar-refractivity contribution in [3.05, 3.63) is 35.6 Å². The molecule has 0 spiro atoms. The van der Waals surface area contributed by atoms with Crippen LogP contribution in [0.2, 0.25) is 0 Å². The molecule has 0 radical (unpaired) electrons. The van der Waals surface area contributed by atoms with Gasteiger partial charge in [-0.2, -0.15) is 11.8 Å². The summed E-state index contributed by atoms with van der Waals surface area (Å²) < 4.78 is 13.7. The third-order valence-electron chi connectivity index (χ3n) is 3.24. The quantitative estimate of drug-likeness (QED) is 0.900. The van der Waals surface area contributed by atoms with Crippen molar-refractivity contribution in [3.63, 3.8) is 0 Å². The molecule has 1 unspecified atom stereocenters. The largest absolute Gasteiger partial charge is 0.481 e. The molecule has 1 N–H and O–H groups in total. The number of benzene rings is 1. The number of rotatable bonds is 3. The van der Waals surface area contributed by atoms with E-state index < -0.39 is 17.7 Å². The monoisotopic (exact) mass is 254 g/mol. The van der Waals surface area contributed by atoms with Crippen molar-refractivity contribution in [1.82, 2.24) is 0 Å². The van der Waals surface area contributed by atoms with Crippen molar-refractivity contribution in [1.29, 1.82) is 0 Å². The maximum absolute atomic E-state index is 13.7. The molecular weight excluding hydrogens is 239 g/mol. The van der Waals surface area contributed by atoms with Gasteiger partial charge in [0, 0.05) is 5.56 Å². The highest BCUT2D eigenvalue weighted by Crippen LogP contribution is 2.36. The fourth-order valence-electron chi connectivity index (χ4n) is 2.37. The molecular formula is C13H15FO2S. The van der Waals surface area contributed by atoms with Crippen LogP contribution in [0.25, 0.3) is 0 Å². The predicted molar refractivity (Wildman–Crippen MR) is 66.8 cm³/mol. The van der Waals surface area contributed by atoms with Gasteiger partial charge in [-0.05, 0) is 36.3 Å². The zero-order chi connectivity index (χ0) is 12.3. The molecule has 1 aromatic rings. The molecule has 2 nitrogen and oxygen atoms in total. The highest BCUT2D eigenvalue weighted by molar-refractivity contribution is 7.99. The zero-order valence-electron chi connectivity index (χ0n) is 9.43. The van der Waals surface area contributed by atoms with Gasteiger partial charge in [0.1, 0.15) is 5.82 Å². The van der Waals surface area contributed by atoms with E-state index in [2.05, 4.69) is 0 Å². The van der Waals surface area contributed by atoms with Crippen LogP contribution in [-0.2, 0) is 4.79 Å². The van der Waals surface area contributed by atoms with Crippen molar-refractivity contribution in [2.75, 3.05) is 11.5 Å². The summed E-state index contributed by atoms with van der Waals surface area (Å²) in [6.07, 6.45) is 1.71. The molecule has 1 heterocycles. The van der Waals surface area contributed by atoms with E-state index in [1.165, 1.54) is 6.07 Å². The highest BCUT2D eigenvalue weighted by atomic mass is 32.2. The Hall–Kier alpha value is -1.03. The van der Waals surface area contributed by atoms with Crippen LogP contribution < -0.4 is 0 Å². The summed E-state index contributed by atoms with van der Waals surface area (Å²) in [5.41, 5.74) is 0.330. The topological polar surface area (TPSA) is 37.3 Å². The van der Waals surface area contributed by atoms with E-state index in [-0.39, 0.29) is 5.92 Å². The Kier molecular flexibility index (Phi) is 4.05. The molecule has 1 atom stereocenters. The first-order valence-corrected chi connectivity index (χ1v) is 6.90. The molecule has 1 saturated heterocycles. The number of thioether (sulfide) groups is 1. The molecule has 0 aromatic heterocycles. The minimum Gasteiger partial charge on any atom is -0.481 e. The zero-order valence-corrected chi connectivity index (χ0v) is 10.3. The summed E-state index contributed by atoms with van der Waals surface area (Å²) in [6.45, 7) is 0. The Morgan fingerprint density at radius 1 is 1.35 bits per heavy atom. The Morgan fingerprint density at radius 3 is 2.59 bits per heavy atom. The summed E-state index contributed by atoms with van der Waals surface area (Å²) in [5.74, 6) is -0.000843. The minimum atomic E-state index is -0.910. The lowest BCUT2D eigenvalue weighted by molar-refractivity contribution is -0.140. The first-order chi connectivity index (χ1) is 8.20. The van der Waals surface area contributed by atoms with Crippen LogP contribution in [0.4, 0.5) is 4.39 Å². The smallest absolute Gasteiger partial charge is 0.311 e. The number of halogens is 1. The number of carboxylic acid groups (broad SMARTS) is 1. The van der Waals surface area contributed by atoms with Crippen LogP contribution in [0.1, 0.15) is 24.3 Å². The molecule has 0 amide bonds. The van der Waals surface area contributed by atoms with Crippen molar-refractivity contribution < 1.29 is 14.3 Å². The number of carboxylic acids is 1. The molecule has 1 aliphatic rings. The van der Waals surface area contributed by atoms with Gasteiger partial charge in [-0.15, -0.1) is 0 Å². The molecule has 92 valence electrons. The summed E-state index contributed by atoms with van der Waals surface area (Å²) in [5, 5.41) is 9.33. The molecule has 1 aromatic carbocycles. The standard InChI is InChI=1S/C13H15FO2S/c14-11-4-2-1-3-10(11)12(13(15)16)9-5-7-17-8-6-9/h1-4,9,12H,5-8H2,(H,15,16). The molecule has 1 fully saturated rings. The second-order valence-electron chi connectivity index (χ2n) is 4.29. The highest BCUT2D eigenvalue weighted by Gasteiger charge is 2.32. The lowest BCUT2D eigenvalue weighted by Gasteiger charge is -2.27. The maximum atomic E-state index is 13.7. The van der Waals surface area contributed by atoms with E-state index in [1.54, 1.807) is 18.2 Å². The van der Waals surface area contributed by atoms with Crippen molar-refractivity contribution in [3.8, 4) is 0 Å². The lowest BCUT2D eigenvalue weighted by Crippen LogP contribution is -2.25. The average molecular weight is 254 g/mol. The minimum absolute atomic E-state index is 0.0608. The van der Waals surface area contributed by atoms with Gasteiger partial charge in [-0.3, -0.25) is 4.79 Å². The lowest BCUT2D eigenvalue weighted by atomic mass is 9.82. The van der Waals surface area contributed by atoms with E-state index in [9.17, 15) is 14.3 Å². The maximum Gasteiger partial charge on any atom is 0.311 e. The Balaban J connectivity index is 2.28. The van der Waals surface area contributed by atoms with Gasteiger partial charge in [0.2, 0.25) is 0 Å². The van der Waals surface area contributed by atoms with Crippen molar-refractivity contribution >= 4 is 17.7 Å². The number of hydrogen-bond acceptors (Lipinski definition) is 2. The van der Waals surface area contributed by atoms with Crippen LogP contribution >= 0.6 is 11.8 Å². The fraction of sp³-hybridized carbons (Fsp3) is 0.462. The molecule has 1 aliphatic heterocycles. The van der Waals surface area contributed by atoms with Crippen molar-refractivity contribution in [2.24, 2.45) is 5.92 Å². The van der Waals surface area contributed by atoms with Crippen molar-refractivity contribution in [2.45, 2.75) is 18.8 Å². The summed E-state index contributed by atoms with van der Waals surface area (Å²) in [7, 11) is 0. The van der Waals surface area contributed by atoms with Crippen LogP contribution in [0, 0.1) is 11.7 Å². The predicted octanol–water partition coefficient (Wildman–Crippen LogP) is 3.14. The Labute approximate surface area is 104 Å². The van der Waals surface area contributed by atoms with E-state index >= 15 is 0 Å². The van der Waals surface area contributed by atoms with Gasteiger partial charge in [-0.25, -0.2) is 4.39 Å². The fourth-order valence-corrected chi connectivity index (χ4v) is 3.51. The summed E-state index contributed by atoms with van der Waals surface area (Å²) in [6, 6.07) is 6.22. The van der Waals surface area contributed by atoms with Gasteiger partial charge < -0.3 is 5.11 Å². The second-order valence-corrected chi connectivity index (χ2v) is 5.51. The van der Waals surface area contributed by atoms with E-state index in [0.717, 1.165) is 24.3 Å². The number of carbonyl (C=O) groups is 1. The van der Waals surface area contributed by atoms with Gasteiger partial charge >= 0.3 is 5.97 Å². The number of hydrogen-bond donors (Lipinski definition) is 1. The van der Waals surface area contributed by atoms with Gasteiger partial charge in [0.15, 0.2) is 0 Å². The third kappa shape index (κ3) is 2.80. The van der Waals surface area contributed by atoms with Gasteiger partial charge in [-0.1, -0.05) is 18.2 Å². The first kappa shape index (κ1) is 12.4. The molecule has 2 rings (SSSR count). The molecule has 17 heavy (non-hydrogen) atoms. The van der Waals surface area contributed by atoms with E-state index in [0.29, 0.717) is 5.56 Å². The van der Waals surface area contributed by atoms with Crippen LogP contribution in [-0.4, -0.2) is 22.6 Å².